The van der Waals surface area contributed by atoms with Crippen molar-refractivity contribution in [1.29, 1.82) is 0 Å². The second-order valence-corrected chi connectivity index (χ2v) is 4.30. The largest absolute Gasteiger partial charge is 0.469 e. The monoisotopic (exact) mass is 236 g/mol. The van der Waals surface area contributed by atoms with Crippen LogP contribution < -0.4 is 0 Å². The fourth-order valence-corrected chi connectivity index (χ4v) is 2.00. The second-order valence-electron chi connectivity index (χ2n) is 4.30. The molecule has 1 aliphatic carbocycles. The Morgan fingerprint density at radius 3 is 2.53 bits per heavy atom. The van der Waals surface area contributed by atoms with E-state index < -0.39 is 0 Å². The number of carbonyl (C=O) groups is 2. The highest BCUT2D eigenvalue weighted by molar-refractivity contribution is 5.92. The van der Waals surface area contributed by atoms with Crippen LogP contribution in [0.2, 0.25) is 0 Å². The van der Waals surface area contributed by atoms with E-state index in [1.165, 1.54) is 26.4 Å². The lowest BCUT2D eigenvalue weighted by molar-refractivity contribution is -0.139. The van der Waals surface area contributed by atoms with Crippen molar-refractivity contribution in [2.75, 3.05) is 7.11 Å². The van der Waals surface area contributed by atoms with Crippen LogP contribution in [0, 0.1) is 5.92 Å². The molecule has 94 valence electrons. The Morgan fingerprint density at radius 2 is 1.88 bits per heavy atom. The van der Waals surface area contributed by atoms with Gasteiger partial charge < -0.3 is 4.74 Å². The number of ether oxygens (including phenoxy) is 1. The molecule has 0 unspecified atom stereocenters. The molecule has 0 atom stereocenters. The zero-order chi connectivity index (χ0) is 12.5. The van der Waals surface area contributed by atoms with Gasteiger partial charge >= 0.3 is 5.97 Å². The number of ketones is 1. The van der Waals surface area contributed by atoms with Gasteiger partial charge in [0.2, 0.25) is 0 Å². The van der Waals surface area contributed by atoms with Gasteiger partial charge in [-0.25, -0.2) is 0 Å². The lowest BCUT2D eigenvalue weighted by atomic mass is 9.86. The molecular weight excluding hydrogens is 216 g/mol. The molecule has 0 spiro atoms. The predicted octanol–water partition coefficient (Wildman–Crippen LogP) is 2.81. The highest BCUT2D eigenvalue weighted by atomic mass is 16.5. The van der Waals surface area contributed by atoms with Crippen molar-refractivity contribution in [3.8, 4) is 0 Å². The summed E-state index contributed by atoms with van der Waals surface area (Å²) in [5.41, 5.74) is 0. The van der Waals surface area contributed by atoms with Crippen LogP contribution in [0.4, 0.5) is 0 Å². The lowest BCUT2D eigenvalue weighted by Gasteiger charge is -2.18. The van der Waals surface area contributed by atoms with E-state index in [2.05, 4.69) is 4.74 Å². The van der Waals surface area contributed by atoms with E-state index in [0.717, 1.165) is 12.8 Å². The van der Waals surface area contributed by atoms with Crippen LogP contribution in [0.3, 0.4) is 0 Å². The summed E-state index contributed by atoms with van der Waals surface area (Å²) in [6, 6.07) is 0. The first-order chi connectivity index (χ1) is 8.24. The summed E-state index contributed by atoms with van der Waals surface area (Å²) in [6.07, 6.45) is 12.6. The molecule has 1 saturated carbocycles. The third kappa shape index (κ3) is 5.48. The smallest absolute Gasteiger partial charge is 0.309 e. The Morgan fingerprint density at radius 1 is 1.18 bits per heavy atom. The first kappa shape index (κ1) is 13.7. The molecule has 0 bridgehead atoms. The van der Waals surface area contributed by atoms with Crippen molar-refractivity contribution in [3.05, 3.63) is 24.3 Å². The average Bonchev–Trinajstić information content (AvgIpc) is 2.38. The maximum absolute atomic E-state index is 11.7. The van der Waals surface area contributed by atoms with Crippen molar-refractivity contribution in [2.45, 2.75) is 38.5 Å². The highest BCUT2D eigenvalue weighted by Gasteiger charge is 2.18. The molecule has 1 fully saturated rings. The van der Waals surface area contributed by atoms with Gasteiger partial charge in [-0.3, -0.25) is 9.59 Å². The molecule has 1 rings (SSSR count). The van der Waals surface area contributed by atoms with Gasteiger partial charge in [0.25, 0.3) is 0 Å². The van der Waals surface area contributed by atoms with Gasteiger partial charge in [0.05, 0.1) is 13.5 Å². The summed E-state index contributed by atoms with van der Waals surface area (Å²) >= 11 is 0. The Kier molecular flexibility index (Phi) is 6.30. The Hall–Kier alpha value is -1.38. The van der Waals surface area contributed by atoms with Crippen LogP contribution in [-0.4, -0.2) is 18.9 Å². The number of allylic oxidation sites excluding steroid dienone is 3. The molecule has 0 amide bonds. The van der Waals surface area contributed by atoms with E-state index in [-0.39, 0.29) is 24.1 Å². The van der Waals surface area contributed by atoms with Gasteiger partial charge in [-0.15, -0.1) is 0 Å². The molecule has 0 N–H and O–H groups in total. The summed E-state index contributed by atoms with van der Waals surface area (Å²) in [5.74, 6) is 0.162. The molecule has 0 aromatic carbocycles. The molecule has 0 aromatic heterocycles. The Labute approximate surface area is 103 Å². The third-order valence-corrected chi connectivity index (χ3v) is 3.03. The first-order valence-corrected chi connectivity index (χ1v) is 6.18. The van der Waals surface area contributed by atoms with Gasteiger partial charge in [0, 0.05) is 5.92 Å². The standard InChI is InChI=1S/C14H20O3/c1-17-14(16)11-7-3-6-10-13(15)12-8-4-2-5-9-12/h3,6-7,10,12H,2,4-5,8-9,11H2,1H3/b7-3+,10-6+. The summed E-state index contributed by atoms with van der Waals surface area (Å²) in [6.45, 7) is 0. The van der Waals surface area contributed by atoms with Crippen LogP contribution in [0.15, 0.2) is 24.3 Å². The number of hydrogen-bond acceptors (Lipinski definition) is 3. The normalized spacial score (nSPS) is 17.7. The summed E-state index contributed by atoms with van der Waals surface area (Å²) < 4.78 is 4.49. The van der Waals surface area contributed by atoms with Gasteiger partial charge in [-0.2, -0.15) is 0 Å². The zero-order valence-electron chi connectivity index (χ0n) is 10.4. The van der Waals surface area contributed by atoms with Gasteiger partial charge in [0.15, 0.2) is 5.78 Å². The van der Waals surface area contributed by atoms with Crippen molar-refractivity contribution < 1.29 is 14.3 Å². The molecule has 0 heterocycles. The van der Waals surface area contributed by atoms with E-state index in [1.807, 2.05) is 0 Å². The molecule has 0 aliphatic heterocycles. The molecule has 1 aliphatic rings. The van der Waals surface area contributed by atoms with Gasteiger partial charge in [-0.1, -0.05) is 37.5 Å². The minimum atomic E-state index is -0.270. The number of rotatable bonds is 5. The molecular formula is C14H20O3. The Balaban J connectivity index is 2.27. The quantitative estimate of drug-likeness (QED) is 0.419. The fourth-order valence-electron chi connectivity index (χ4n) is 2.00. The van der Waals surface area contributed by atoms with E-state index >= 15 is 0 Å². The van der Waals surface area contributed by atoms with Crippen molar-refractivity contribution in [2.24, 2.45) is 5.92 Å². The lowest BCUT2D eigenvalue weighted by Crippen LogP contribution is -2.15. The summed E-state index contributed by atoms with van der Waals surface area (Å²) in [4.78, 5) is 22.5. The van der Waals surface area contributed by atoms with Crippen LogP contribution >= 0.6 is 0 Å². The van der Waals surface area contributed by atoms with Crippen molar-refractivity contribution in [3.63, 3.8) is 0 Å². The highest BCUT2D eigenvalue weighted by Crippen LogP contribution is 2.24. The molecule has 3 nitrogen and oxygen atoms in total. The van der Waals surface area contributed by atoms with E-state index in [4.69, 9.17) is 0 Å². The molecule has 0 saturated heterocycles. The maximum atomic E-state index is 11.7. The SMILES string of the molecule is COC(=O)C/C=C/C=C/C(=O)C1CCCCC1. The minimum Gasteiger partial charge on any atom is -0.469 e. The van der Waals surface area contributed by atoms with Gasteiger partial charge in [-0.05, 0) is 18.9 Å². The zero-order valence-corrected chi connectivity index (χ0v) is 10.4. The predicted molar refractivity (Wildman–Crippen MR) is 66.5 cm³/mol. The maximum Gasteiger partial charge on any atom is 0.309 e. The molecule has 0 radical (unpaired) electrons. The molecule has 3 heteroatoms. The molecule has 17 heavy (non-hydrogen) atoms. The van der Waals surface area contributed by atoms with E-state index in [0.29, 0.717) is 0 Å². The van der Waals surface area contributed by atoms with Crippen molar-refractivity contribution >= 4 is 11.8 Å². The van der Waals surface area contributed by atoms with E-state index in [1.54, 1.807) is 24.3 Å². The van der Waals surface area contributed by atoms with E-state index in [9.17, 15) is 9.59 Å². The van der Waals surface area contributed by atoms with Crippen LogP contribution in [-0.2, 0) is 14.3 Å². The van der Waals surface area contributed by atoms with Gasteiger partial charge in [0.1, 0.15) is 0 Å². The fraction of sp³-hybridized carbons (Fsp3) is 0.571. The minimum absolute atomic E-state index is 0.215. The summed E-state index contributed by atoms with van der Waals surface area (Å²) in [5, 5.41) is 0. The second kappa shape index (κ2) is 7.82. The Bertz CT molecular complexity index is 309. The number of esters is 1. The number of methoxy groups -OCH3 is 1. The van der Waals surface area contributed by atoms with Crippen LogP contribution in [0.5, 0.6) is 0 Å². The van der Waals surface area contributed by atoms with Crippen molar-refractivity contribution in [1.82, 2.24) is 0 Å². The number of hydrogen-bond donors (Lipinski definition) is 0. The topological polar surface area (TPSA) is 43.4 Å². The number of carbonyl (C=O) groups excluding carboxylic acids is 2. The average molecular weight is 236 g/mol. The first-order valence-electron chi connectivity index (χ1n) is 6.18. The summed E-state index contributed by atoms with van der Waals surface area (Å²) in [7, 11) is 1.36. The van der Waals surface area contributed by atoms with Crippen LogP contribution in [0.25, 0.3) is 0 Å². The molecule has 0 aromatic rings. The van der Waals surface area contributed by atoms with Crippen LogP contribution in [0.1, 0.15) is 38.5 Å². The third-order valence-electron chi connectivity index (χ3n) is 3.03.